The molecule has 2 aromatic carbocycles. The molecule has 1 fully saturated rings. The van der Waals surface area contributed by atoms with E-state index in [1.165, 1.54) is 0 Å². The van der Waals surface area contributed by atoms with E-state index >= 15 is 0 Å². The molecule has 0 bridgehead atoms. The SMILES string of the molecule is C=CCNC(=O)N(Cc1cccc(C)c1)c1ccc(CC(=O)N2CCOCC2)cc1. The normalized spacial score (nSPS) is 13.6. The summed E-state index contributed by atoms with van der Waals surface area (Å²) in [5, 5.41) is 2.85. The Hall–Kier alpha value is -3.12. The number of urea groups is 1. The third-order valence-corrected chi connectivity index (χ3v) is 5.03. The van der Waals surface area contributed by atoms with Crippen molar-refractivity contribution in [1.29, 1.82) is 0 Å². The third-order valence-electron chi connectivity index (χ3n) is 5.03. The van der Waals surface area contributed by atoms with Crippen LogP contribution in [0.1, 0.15) is 16.7 Å². The Balaban J connectivity index is 1.72. The van der Waals surface area contributed by atoms with Crippen LogP contribution in [0.4, 0.5) is 10.5 Å². The highest BCUT2D eigenvalue weighted by Crippen LogP contribution is 2.20. The number of carbonyl (C=O) groups is 2. The molecule has 6 heteroatoms. The molecule has 3 rings (SSSR count). The van der Waals surface area contributed by atoms with E-state index in [4.69, 9.17) is 4.74 Å². The average Bonchev–Trinajstić information content (AvgIpc) is 2.77. The topological polar surface area (TPSA) is 61.9 Å². The van der Waals surface area contributed by atoms with Gasteiger partial charge in [-0.2, -0.15) is 0 Å². The van der Waals surface area contributed by atoms with Crippen molar-refractivity contribution < 1.29 is 14.3 Å². The Morgan fingerprint density at radius 1 is 1.13 bits per heavy atom. The zero-order chi connectivity index (χ0) is 21.3. The maximum Gasteiger partial charge on any atom is 0.322 e. The van der Waals surface area contributed by atoms with Gasteiger partial charge in [0.25, 0.3) is 0 Å². The van der Waals surface area contributed by atoms with Gasteiger partial charge in [0, 0.05) is 25.3 Å². The number of amides is 3. The van der Waals surface area contributed by atoms with Gasteiger partial charge in [0.1, 0.15) is 0 Å². The van der Waals surface area contributed by atoms with Crippen molar-refractivity contribution >= 4 is 17.6 Å². The van der Waals surface area contributed by atoms with E-state index in [0.29, 0.717) is 45.8 Å². The van der Waals surface area contributed by atoms with Gasteiger partial charge in [-0.1, -0.05) is 48.0 Å². The summed E-state index contributed by atoms with van der Waals surface area (Å²) in [4.78, 5) is 28.8. The number of nitrogens with zero attached hydrogens (tertiary/aromatic N) is 2. The highest BCUT2D eigenvalue weighted by atomic mass is 16.5. The first-order chi connectivity index (χ1) is 14.6. The zero-order valence-corrected chi connectivity index (χ0v) is 17.5. The molecule has 0 atom stereocenters. The molecule has 6 nitrogen and oxygen atoms in total. The van der Waals surface area contributed by atoms with Crippen molar-refractivity contribution in [2.45, 2.75) is 19.9 Å². The van der Waals surface area contributed by atoms with E-state index in [9.17, 15) is 9.59 Å². The van der Waals surface area contributed by atoms with Gasteiger partial charge in [-0.3, -0.25) is 9.69 Å². The minimum Gasteiger partial charge on any atom is -0.378 e. The van der Waals surface area contributed by atoms with Gasteiger partial charge in [-0.25, -0.2) is 4.79 Å². The monoisotopic (exact) mass is 407 g/mol. The molecule has 2 aromatic rings. The number of benzene rings is 2. The van der Waals surface area contributed by atoms with Crippen molar-refractivity contribution in [3.63, 3.8) is 0 Å². The Morgan fingerprint density at radius 3 is 2.53 bits per heavy atom. The Labute approximate surface area is 178 Å². The van der Waals surface area contributed by atoms with Crippen molar-refractivity contribution in [1.82, 2.24) is 10.2 Å². The summed E-state index contributed by atoms with van der Waals surface area (Å²) in [6.45, 7) is 9.03. The number of anilines is 1. The van der Waals surface area contributed by atoms with E-state index in [2.05, 4.69) is 18.0 Å². The van der Waals surface area contributed by atoms with Crippen LogP contribution in [-0.4, -0.2) is 49.7 Å². The summed E-state index contributed by atoms with van der Waals surface area (Å²) < 4.78 is 5.31. The maximum atomic E-state index is 12.8. The number of carbonyl (C=O) groups excluding carboxylic acids is 2. The molecule has 1 aliphatic heterocycles. The van der Waals surface area contributed by atoms with E-state index in [1.807, 2.05) is 54.3 Å². The van der Waals surface area contributed by atoms with Crippen LogP contribution in [-0.2, 0) is 22.5 Å². The summed E-state index contributed by atoms with van der Waals surface area (Å²) >= 11 is 0. The fourth-order valence-electron chi connectivity index (χ4n) is 3.42. The number of ether oxygens (including phenoxy) is 1. The van der Waals surface area contributed by atoms with Gasteiger partial charge in [0.2, 0.25) is 5.91 Å². The molecule has 0 aliphatic carbocycles. The fourth-order valence-corrected chi connectivity index (χ4v) is 3.42. The number of hydrogen-bond donors (Lipinski definition) is 1. The van der Waals surface area contributed by atoms with Crippen LogP contribution in [0, 0.1) is 6.92 Å². The molecule has 1 N–H and O–H groups in total. The van der Waals surface area contributed by atoms with Crippen molar-refractivity contribution in [2.24, 2.45) is 0 Å². The van der Waals surface area contributed by atoms with E-state index in [1.54, 1.807) is 11.0 Å². The number of nitrogens with one attached hydrogen (secondary N) is 1. The molecule has 30 heavy (non-hydrogen) atoms. The lowest BCUT2D eigenvalue weighted by Gasteiger charge is -2.27. The highest BCUT2D eigenvalue weighted by molar-refractivity contribution is 5.92. The summed E-state index contributed by atoms with van der Waals surface area (Å²) in [5.41, 5.74) is 3.91. The Morgan fingerprint density at radius 2 is 1.87 bits per heavy atom. The second-order valence-electron chi connectivity index (χ2n) is 7.39. The standard InChI is InChI=1S/C24H29N3O3/c1-3-11-25-24(29)27(18-21-6-4-5-19(2)16-21)22-9-7-20(8-10-22)17-23(28)26-12-14-30-15-13-26/h3-10,16H,1,11-15,17-18H2,2H3,(H,25,29). The van der Waals surface area contributed by atoms with Crippen LogP contribution in [0.3, 0.4) is 0 Å². The molecule has 0 saturated carbocycles. The first kappa shape index (κ1) is 21.6. The molecule has 158 valence electrons. The fraction of sp³-hybridized carbons (Fsp3) is 0.333. The second kappa shape index (κ2) is 10.6. The number of aryl methyl sites for hydroxylation is 1. The lowest BCUT2D eigenvalue weighted by Crippen LogP contribution is -2.41. The highest BCUT2D eigenvalue weighted by Gasteiger charge is 2.18. The lowest BCUT2D eigenvalue weighted by atomic mass is 10.1. The molecule has 1 heterocycles. The largest absolute Gasteiger partial charge is 0.378 e. The van der Waals surface area contributed by atoms with Gasteiger partial charge in [-0.15, -0.1) is 6.58 Å². The number of hydrogen-bond acceptors (Lipinski definition) is 3. The third kappa shape index (κ3) is 5.94. The van der Waals surface area contributed by atoms with Crippen LogP contribution in [0.25, 0.3) is 0 Å². The summed E-state index contributed by atoms with van der Waals surface area (Å²) in [5.74, 6) is 0.103. The smallest absolute Gasteiger partial charge is 0.322 e. The van der Waals surface area contributed by atoms with Crippen molar-refractivity contribution in [3.8, 4) is 0 Å². The van der Waals surface area contributed by atoms with Crippen LogP contribution >= 0.6 is 0 Å². The Kier molecular flexibility index (Phi) is 7.63. The molecule has 0 radical (unpaired) electrons. The lowest BCUT2D eigenvalue weighted by molar-refractivity contribution is -0.134. The predicted octanol–water partition coefficient (Wildman–Crippen LogP) is 3.30. The molecule has 0 aromatic heterocycles. The average molecular weight is 408 g/mol. The Bertz CT molecular complexity index is 874. The van der Waals surface area contributed by atoms with Crippen LogP contribution in [0.2, 0.25) is 0 Å². The summed E-state index contributed by atoms with van der Waals surface area (Å²) in [6.07, 6.45) is 2.00. The van der Waals surface area contributed by atoms with Crippen LogP contribution in [0.15, 0.2) is 61.2 Å². The molecule has 1 aliphatic rings. The minimum absolute atomic E-state index is 0.103. The number of morpholine rings is 1. The van der Waals surface area contributed by atoms with E-state index < -0.39 is 0 Å². The number of rotatable bonds is 7. The predicted molar refractivity (Wildman–Crippen MR) is 119 cm³/mol. The van der Waals surface area contributed by atoms with Gasteiger partial charge in [0.15, 0.2) is 0 Å². The van der Waals surface area contributed by atoms with E-state index in [0.717, 1.165) is 22.4 Å². The second-order valence-corrected chi connectivity index (χ2v) is 7.39. The van der Waals surface area contributed by atoms with Crippen LogP contribution in [0.5, 0.6) is 0 Å². The molecular formula is C24H29N3O3. The van der Waals surface area contributed by atoms with Crippen molar-refractivity contribution in [3.05, 3.63) is 77.9 Å². The van der Waals surface area contributed by atoms with Gasteiger partial charge in [0.05, 0.1) is 26.2 Å². The van der Waals surface area contributed by atoms with Gasteiger partial charge < -0.3 is 15.0 Å². The first-order valence-corrected chi connectivity index (χ1v) is 10.2. The summed E-state index contributed by atoms with van der Waals surface area (Å²) in [7, 11) is 0. The molecule has 0 unspecified atom stereocenters. The zero-order valence-electron chi connectivity index (χ0n) is 17.5. The summed E-state index contributed by atoms with van der Waals surface area (Å²) in [6, 6.07) is 15.5. The molecule has 1 saturated heterocycles. The maximum absolute atomic E-state index is 12.8. The molecular weight excluding hydrogens is 378 g/mol. The minimum atomic E-state index is -0.187. The van der Waals surface area contributed by atoms with Crippen LogP contribution < -0.4 is 10.2 Å². The molecule has 3 amide bonds. The van der Waals surface area contributed by atoms with Gasteiger partial charge in [-0.05, 0) is 30.2 Å². The van der Waals surface area contributed by atoms with E-state index in [-0.39, 0.29) is 11.9 Å². The quantitative estimate of drug-likeness (QED) is 0.717. The first-order valence-electron chi connectivity index (χ1n) is 10.2. The van der Waals surface area contributed by atoms with Gasteiger partial charge >= 0.3 is 6.03 Å². The molecule has 0 spiro atoms. The van der Waals surface area contributed by atoms with Crippen molar-refractivity contribution in [2.75, 3.05) is 37.7 Å².